The summed E-state index contributed by atoms with van der Waals surface area (Å²) >= 11 is 0. The second kappa shape index (κ2) is 7.53. The average molecular weight is 383 g/mol. The van der Waals surface area contributed by atoms with Gasteiger partial charge in [0.05, 0.1) is 0 Å². The summed E-state index contributed by atoms with van der Waals surface area (Å²) < 4.78 is 0. The van der Waals surface area contributed by atoms with E-state index in [4.69, 9.17) is 0 Å². The molecule has 1 N–H and O–H groups in total. The molecule has 0 bridgehead atoms. The van der Waals surface area contributed by atoms with Crippen LogP contribution in [0.5, 0.6) is 0 Å². The Balaban J connectivity index is 1.54. The molecule has 0 radical (unpaired) electrons. The normalized spacial score (nSPS) is 25.0. The third-order valence-electron chi connectivity index (χ3n) is 7.16. The molecular weight excluding hydrogens is 348 g/mol. The van der Waals surface area contributed by atoms with Crippen molar-refractivity contribution >= 4 is 16.8 Å². The zero-order valence-corrected chi connectivity index (χ0v) is 17.8. The van der Waals surface area contributed by atoms with Crippen LogP contribution >= 0.6 is 0 Å². The first kappa shape index (κ1) is 19.5. The Bertz CT molecular complexity index is 873. The number of hydrogen-bond donors (Lipinski definition) is 1. The molecule has 28 heavy (non-hydrogen) atoms. The summed E-state index contributed by atoms with van der Waals surface area (Å²) in [6, 6.07) is 6.66. The average Bonchev–Trinajstić information content (AvgIpc) is 2.88. The number of H-pyrrole nitrogens is 1. The molecular formula is C23H34N4O. The van der Waals surface area contributed by atoms with Gasteiger partial charge in [-0.1, -0.05) is 11.6 Å². The molecule has 1 aromatic heterocycles. The van der Waals surface area contributed by atoms with E-state index >= 15 is 0 Å². The molecule has 1 unspecified atom stereocenters. The monoisotopic (exact) mass is 382 g/mol. The van der Waals surface area contributed by atoms with Gasteiger partial charge in [0.15, 0.2) is 0 Å². The summed E-state index contributed by atoms with van der Waals surface area (Å²) in [6.07, 6.45) is 2.72. The predicted molar refractivity (Wildman–Crippen MR) is 115 cm³/mol. The first-order chi connectivity index (χ1) is 13.4. The van der Waals surface area contributed by atoms with Gasteiger partial charge >= 0.3 is 0 Å². The number of carbonyl (C=O) groups excluding carboxylic acids is 1. The molecule has 2 aliphatic heterocycles. The third kappa shape index (κ3) is 3.46. The number of nitrogens with zero attached hydrogens (tertiary/aromatic N) is 3. The molecule has 0 aliphatic carbocycles. The van der Waals surface area contributed by atoms with Gasteiger partial charge in [0.2, 0.25) is 5.91 Å². The molecule has 3 heterocycles. The van der Waals surface area contributed by atoms with E-state index in [1.165, 1.54) is 27.7 Å². The maximum atomic E-state index is 12.4. The SMILES string of the molecule is CCN1CCC2(CCC1=O)CN(Cc1[nH]c3ccc(C)cc3c1C)CCN2C. The van der Waals surface area contributed by atoms with Crippen LogP contribution in [0.1, 0.15) is 43.0 Å². The number of fused-ring (bicyclic) bond motifs is 1. The van der Waals surface area contributed by atoms with Crippen LogP contribution < -0.4 is 0 Å². The van der Waals surface area contributed by atoms with Crippen LogP contribution in [-0.4, -0.2) is 70.9 Å². The van der Waals surface area contributed by atoms with Gasteiger partial charge in [0.25, 0.3) is 0 Å². The topological polar surface area (TPSA) is 42.6 Å². The number of aromatic nitrogens is 1. The second-order valence-corrected chi connectivity index (χ2v) is 8.86. The van der Waals surface area contributed by atoms with Crippen molar-refractivity contribution in [3.05, 3.63) is 35.0 Å². The lowest BCUT2D eigenvalue weighted by atomic mass is 9.86. The van der Waals surface area contributed by atoms with Crippen molar-refractivity contribution in [2.45, 2.75) is 52.1 Å². The lowest BCUT2D eigenvalue weighted by molar-refractivity contribution is -0.130. The van der Waals surface area contributed by atoms with E-state index in [0.29, 0.717) is 12.3 Å². The van der Waals surface area contributed by atoms with Gasteiger partial charge in [-0.3, -0.25) is 14.6 Å². The highest BCUT2D eigenvalue weighted by Crippen LogP contribution is 2.33. The zero-order chi connectivity index (χ0) is 19.9. The van der Waals surface area contributed by atoms with E-state index in [9.17, 15) is 4.79 Å². The quantitative estimate of drug-likeness (QED) is 0.886. The Kier molecular flexibility index (Phi) is 5.23. The lowest BCUT2D eigenvalue weighted by Gasteiger charge is -2.49. The van der Waals surface area contributed by atoms with Gasteiger partial charge in [-0.25, -0.2) is 0 Å². The third-order valence-corrected chi connectivity index (χ3v) is 7.16. The van der Waals surface area contributed by atoms with Crippen molar-refractivity contribution in [3.63, 3.8) is 0 Å². The summed E-state index contributed by atoms with van der Waals surface area (Å²) in [4.78, 5) is 23.2. The molecule has 1 amide bonds. The Morgan fingerprint density at radius 2 is 1.96 bits per heavy atom. The number of carbonyl (C=O) groups is 1. The number of nitrogens with one attached hydrogen (secondary N) is 1. The largest absolute Gasteiger partial charge is 0.357 e. The number of piperazine rings is 1. The highest BCUT2D eigenvalue weighted by molar-refractivity contribution is 5.85. The van der Waals surface area contributed by atoms with Crippen molar-refractivity contribution in [1.82, 2.24) is 19.7 Å². The molecule has 2 aromatic rings. The Morgan fingerprint density at radius 1 is 1.14 bits per heavy atom. The summed E-state index contributed by atoms with van der Waals surface area (Å²) in [6.45, 7) is 12.4. The van der Waals surface area contributed by atoms with Gasteiger partial charge in [0, 0.05) is 67.8 Å². The maximum Gasteiger partial charge on any atom is 0.222 e. The molecule has 1 spiro atoms. The fourth-order valence-electron chi connectivity index (χ4n) is 5.12. The summed E-state index contributed by atoms with van der Waals surface area (Å²) in [5.74, 6) is 0.326. The van der Waals surface area contributed by atoms with Crippen molar-refractivity contribution in [2.75, 3.05) is 39.8 Å². The van der Waals surface area contributed by atoms with Gasteiger partial charge in [0.1, 0.15) is 0 Å². The predicted octanol–water partition coefficient (Wildman–Crippen LogP) is 3.30. The Hall–Kier alpha value is -1.85. The number of aromatic amines is 1. The van der Waals surface area contributed by atoms with Crippen LogP contribution in [0.2, 0.25) is 0 Å². The van der Waals surface area contributed by atoms with E-state index in [2.05, 4.69) is 60.8 Å². The zero-order valence-electron chi connectivity index (χ0n) is 17.8. The molecule has 1 aromatic carbocycles. The molecule has 5 nitrogen and oxygen atoms in total. The highest BCUT2D eigenvalue weighted by atomic mass is 16.2. The van der Waals surface area contributed by atoms with Crippen LogP contribution in [0.15, 0.2) is 18.2 Å². The highest BCUT2D eigenvalue weighted by Gasteiger charge is 2.42. The minimum atomic E-state index is 0.119. The molecule has 0 saturated carbocycles. The fraction of sp³-hybridized carbons (Fsp3) is 0.609. The van der Waals surface area contributed by atoms with Gasteiger partial charge < -0.3 is 9.88 Å². The summed E-state index contributed by atoms with van der Waals surface area (Å²) in [5.41, 5.74) is 5.37. The minimum Gasteiger partial charge on any atom is -0.357 e. The maximum absolute atomic E-state index is 12.4. The molecule has 4 rings (SSSR count). The smallest absolute Gasteiger partial charge is 0.222 e. The number of benzene rings is 1. The number of aryl methyl sites for hydroxylation is 2. The van der Waals surface area contributed by atoms with Crippen molar-refractivity contribution < 1.29 is 4.79 Å². The molecule has 2 aliphatic rings. The van der Waals surface area contributed by atoms with Gasteiger partial charge in [-0.15, -0.1) is 0 Å². The fourth-order valence-corrected chi connectivity index (χ4v) is 5.12. The van der Waals surface area contributed by atoms with Crippen LogP contribution in [0.3, 0.4) is 0 Å². The van der Waals surface area contributed by atoms with E-state index in [-0.39, 0.29) is 5.54 Å². The molecule has 2 fully saturated rings. The van der Waals surface area contributed by atoms with Crippen LogP contribution in [0, 0.1) is 13.8 Å². The van der Waals surface area contributed by atoms with E-state index in [1.54, 1.807) is 0 Å². The lowest BCUT2D eigenvalue weighted by Crippen LogP contribution is -2.60. The second-order valence-electron chi connectivity index (χ2n) is 8.86. The van der Waals surface area contributed by atoms with Crippen molar-refractivity contribution in [3.8, 4) is 0 Å². The molecule has 1 atom stereocenters. The van der Waals surface area contributed by atoms with Gasteiger partial charge in [-0.2, -0.15) is 0 Å². The Morgan fingerprint density at radius 3 is 2.75 bits per heavy atom. The first-order valence-corrected chi connectivity index (χ1v) is 10.7. The van der Waals surface area contributed by atoms with E-state index in [1.807, 2.05) is 4.90 Å². The molecule has 152 valence electrons. The Labute approximate surface area is 168 Å². The van der Waals surface area contributed by atoms with Crippen LogP contribution in [0.25, 0.3) is 10.9 Å². The van der Waals surface area contributed by atoms with Crippen molar-refractivity contribution in [1.29, 1.82) is 0 Å². The number of likely N-dealkylation sites (tertiary alicyclic amines) is 1. The number of likely N-dealkylation sites (N-methyl/N-ethyl adjacent to an activating group) is 1. The number of hydrogen-bond acceptors (Lipinski definition) is 3. The number of amides is 1. The molecule has 2 saturated heterocycles. The first-order valence-electron chi connectivity index (χ1n) is 10.7. The van der Waals surface area contributed by atoms with E-state index in [0.717, 1.165) is 52.1 Å². The van der Waals surface area contributed by atoms with Crippen LogP contribution in [-0.2, 0) is 11.3 Å². The van der Waals surface area contributed by atoms with Gasteiger partial charge in [-0.05, 0) is 58.4 Å². The number of rotatable bonds is 3. The standard InChI is InChI=1S/C23H34N4O/c1-5-27-11-10-23(9-8-22(27)28)16-26(13-12-25(23)4)15-21-18(3)19-14-17(2)6-7-20(19)24-21/h6-7,14,24H,5,8-13,15-16H2,1-4H3. The minimum absolute atomic E-state index is 0.119. The van der Waals surface area contributed by atoms with Crippen molar-refractivity contribution in [2.24, 2.45) is 0 Å². The summed E-state index contributed by atoms with van der Waals surface area (Å²) in [5, 5.41) is 1.34. The van der Waals surface area contributed by atoms with Crippen LogP contribution in [0.4, 0.5) is 0 Å². The summed E-state index contributed by atoms with van der Waals surface area (Å²) in [7, 11) is 2.25. The van der Waals surface area contributed by atoms with E-state index < -0.39 is 0 Å². The molecule has 5 heteroatoms.